The molecule has 0 amide bonds. The number of H-pyrrole nitrogens is 1. The standard InChI is InChI=1S/C12H15N5O3/c1-3-12(2,11(19)20)7-17-10(14-15-16-17)8-5-4-6-9(18)13-8/h4-6H,3,7H2,1-2H3,(H,13,18)(H,19,20). The van der Waals surface area contributed by atoms with Crippen LogP contribution in [0.2, 0.25) is 0 Å². The van der Waals surface area contributed by atoms with E-state index in [1.807, 2.05) is 0 Å². The molecule has 2 heterocycles. The molecule has 0 saturated heterocycles. The van der Waals surface area contributed by atoms with Crippen LogP contribution in [0.5, 0.6) is 0 Å². The van der Waals surface area contributed by atoms with Crippen molar-refractivity contribution < 1.29 is 9.90 Å². The summed E-state index contributed by atoms with van der Waals surface area (Å²) in [6.45, 7) is 3.55. The number of hydrogen-bond acceptors (Lipinski definition) is 5. The Bertz CT molecular complexity index is 677. The van der Waals surface area contributed by atoms with Gasteiger partial charge in [-0.25, -0.2) is 4.68 Å². The Balaban J connectivity index is 2.39. The predicted octanol–water partition coefficient (Wildman–Crippen LogP) is 0.529. The molecule has 0 bridgehead atoms. The maximum Gasteiger partial charge on any atom is 0.311 e. The lowest BCUT2D eigenvalue weighted by atomic mass is 9.88. The van der Waals surface area contributed by atoms with Crippen molar-refractivity contribution in [2.24, 2.45) is 5.41 Å². The van der Waals surface area contributed by atoms with Crippen molar-refractivity contribution in [3.8, 4) is 11.5 Å². The molecule has 2 N–H and O–H groups in total. The molecule has 2 aromatic rings. The number of hydrogen-bond donors (Lipinski definition) is 2. The normalized spacial score (nSPS) is 13.9. The lowest BCUT2D eigenvalue weighted by Crippen LogP contribution is -2.32. The van der Waals surface area contributed by atoms with Gasteiger partial charge in [-0.2, -0.15) is 0 Å². The van der Waals surface area contributed by atoms with Crippen LogP contribution in [0.15, 0.2) is 23.0 Å². The molecular weight excluding hydrogens is 262 g/mol. The second-order valence-electron chi connectivity index (χ2n) is 4.81. The molecule has 2 rings (SSSR count). The Labute approximate surface area is 114 Å². The molecule has 0 aromatic carbocycles. The quantitative estimate of drug-likeness (QED) is 0.824. The minimum absolute atomic E-state index is 0.123. The zero-order valence-electron chi connectivity index (χ0n) is 11.2. The molecule has 20 heavy (non-hydrogen) atoms. The summed E-state index contributed by atoms with van der Waals surface area (Å²) < 4.78 is 1.39. The number of tetrazole rings is 1. The van der Waals surface area contributed by atoms with E-state index in [2.05, 4.69) is 20.5 Å². The van der Waals surface area contributed by atoms with Crippen LogP contribution in [0.25, 0.3) is 11.5 Å². The third-order valence-electron chi connectivity index (χ3n) is 3.34. The molecule has 0 fully saturated rings. The molecular formula is C12H15N5O3. The molecule has 0 radical (unpaired) electrons. The Morgan fingerprint density at radius 2 is 2.25 bits per heavy atom. The van der Waals surface area contributed by atoms with Gasteiger partial charge < -0.3 is 10.1 Å². The molecule has 0 aliphatic carbocycles. The molecule has 8 heteroatoms. The summed E-state index contributed by atoms with van der Waals surface area (Å²) in [5.41, 5.74) is -0.793. The molecule has 8 nitrogen and oxygen atoms in total. The highest BCUT2D eigenvalue weighted by atomic mass is 16.4. The van der Waals surface area contributed by atoms with Gasteiger partial charge >= 0.3 is 5.97 Å². The highest BCUT2D eigenvalue weighted by Crippen LogP contribution is 2.25. The minimum Gasteiger partial charge on any atom is -0.481 e. The zero-order chi connectivity index (χ0) is 14.8. The number of rotatable bonds is 5. The maximum atomic E-state index is 11.3. The van der Waals surface area contributed by atoms with E-state index in [0.29, 0.717) is 17.9 Å². The van der Waals surface area contributed by atoms with Gasteiger partial charge in [0, 0.05) is 6.07 Å². The monoisotopic (exact) mass is 277 g/mol. The molecule has 1 unspecified atom stereocenters. The van der Waals surface area contributed by atoms with Crippen molar-refractivity contribution in [1.82, 2.24) is 25.2 Å². The molecule has 106 valence electrons. The van der Waals surface area contributed by atoms with Gasteiger partial charge in [-0.3, -0.25) is 9.59 Å². The third-order valence-corrected chi connectivity index (χ3v) is 3.34. The first kappa shape index (κ1) is 13.9. The van der Waals surface area contributed by atoms with Gasteiger partial charge in [-0.1, -0.05) is 13.0 Å². The molecule has 1 atom stereocenters. The first-order valence-electron chi connectivity index (χ1n) is 6.15. The summed E-state index contributed by atoms with van der Waals surface area (Å²) >= 11 is 0. The average molecular weight is 277 g/mol. The summed E-state index contributed by atoms with van der Waals surface area (Å²) in [7, 11) is 0. The Hall–Kier alpha value is -2.51. The van der Waals surface area contributed by atoms with Crippen LogP contribution < -0.4 is 5.56 Å². The second-order valence-corrected chi connectivity index (χ2v) is 4.81. The Morgan fingerprint density at radius 3 is 2.85 bits per heavy atom. The highest BCUT2D eigenvalue weighted by molar-refractivity contribution is 5.74. The van der Waals surface area contributed by atoms with Crippen LogP contribution in [-0.4, -0.2) is 36.3 Å². The fraction of sp³-hybridized carbons (Fsp3) is 0.417. The summed E-state index contributed by atoms with van der Waals surface area (Å²) in [4.78, 5) is 25.3. The Kier molecular flexibility index (Phi) is 3.64. The first-order valence-corrected chi connectivity index (χ1v) is 6.15. The number of pyridine rings is 1. The summed E-state index contributed by atoms with van der Waals surface area (Å²) in [6, 6.07) is 4.63. The van der Waals surface area contributed by atoms with E-state index in [-0.39, 0.29) is 12.1 Å². The number of carboxylic acid groups (broad SMARTS) is 1. The van der Waals surface area contributed by atoms with E-state index in [9.17, 15) is 14.7 Å². The van der Waals surface area contributed by atoms with Crippen molar-refractivity contribution in [2.75, 3.05) is 0 Å². The predicted molar refractivity (Wildman–Crippen MR) is 69.9 cm³/mol. The van der Waals surface area contributed by atoms with Crippen LogP contribution in [0.4, 0.5) is 0 Å². The van der Waals surface area contributed by atoms with Crippen LogP contribution in [0.1, 0.15) is 20.3 Å². The molecule has 0 aliphatic heterocycles. The summed E-state index contributed by atoms with van der Waals surface area (Å²) in [5.74, 6) is -0.577. The molecule has 0 aliphatic rings. The largest absolute Gasteiger partial charge is 0.481 e. The van der Waals surface area contributed by atoms with Gasteiger partial charge in [0.1, 0.15) is 0 Å². The number of nitrogens with one attached hydrogen (secondary N) is 1. The summed E-state index contributed by atoms with van der Waals surface area (Å²) in [6.07, 6.45) is 0.437. The van der Waals surface area contributed by atoms with E-state index in [1.165, 1.54) is 10.7 Å². The number of aliphatic carboxylic acids is 1. The topological polar surface area (TPSA) is 114 Å². The van der Waals surface area contributed by atoms with Gasteiger partial charge in [0.05, 0.1) is 17.7 Å². The SMILES string of the molecule is CCC(C)(Cn1nnnc1-c1cccc(=O)[nH]1)C(=O)O. The fourth-order valence-corrected chi connectivity index (χ4v) is 1.74. The second kappa shape index (κ2) is 5.24. The number of carbonyl (C=O) groups is 1. The molecule has 2 aromatic heterocycles. The number of aromatic nitrogens is 5. The van der Waals surface area contributed by atoms with Crippen molar-refractivity contribution in [3.63, 3.8) is 0 Å². The average Bonchev–Trinajstić information content (AvgIpc) is 2.86. The lowest BCUT2D eigenvalue weighted by Gasteiger charge is -2.22. The van der Waals surface area contributed by atoms with E-state index in [0.717, 1.165) is 0 Å². The third kappa shape index (κ3) is 2.58. The van der Waals surface area contributed by atoms with Crippen molar-refractivity contribution in [2.45, 2.75) is 26.8 Å². The lowest BCUT2D eigenvalue weighted by molar-refractivity contribution is -0.149. The minimum atomic E-state index is -0.973. The van der Waals surface area contributed by atoms with E-state index in [1.54, 1.807) is 26.0 Å². The Morgan fingerprint density at radius 1 is 1.50 bits per heavy atom. The van der Waals surface area contributed by atoms with Gasteiger partial charge in [0.25, 0.3) is 0 Å². The smallest absolute Gasteiger partial charge is 0.311 e. The number of aromatic amines is 1. The van der Waals surface area contributed by atoms with Gasteiger partial charge in [-0.15, -0.1) is 5.10 Å². The first-order chi connectivity index (χ1) is 9.46. The van der Waals surface area contributed by atoms with Gasteiger partial charge in [-0.05, 0) is 29.8 Å². The highest BCUT2D eigenvalue weighted by Gasteiger charge is 2.33. The van der Waals surface area contributed by atoms with Crippen molar-refractivity contribution >= 4 is 5.97 Å². The number of nitrogens with zero attached hydrogens (tertiary/aromatic N) is 4. The zero-order valence-corrected chi connectivity index (χ0v) is 11.2. The van der Waals surface area contributed by atoms with Crippen LogP contribution in [-0.2, 0) is 11.3 Å². The number of carboxylic acids is 1. The fourth-order valence-electron chi connectivity index (χ4n) is 1.74. The van der Waals surface area contributed by atoms with Crippen LogP contribution >= 0.6 is 0 Å². The molecule has 0 saturated carbocycles. The van der Waals surface area contributed by atoms with Gasteiger partial charge in [0.2, 0.25) is 5.56 Å². The summed E-state index contributed by atoms with van der Waals surface area (Å²) in [5, 5.41) is 20.5. The van der Waals surface area contributed by atoms with Crippen molar-refractivity contribution in [3.05, 3.63) is 28.6 Å². The molecule has 0 spiro atoms. The van der Waals surface area contributed by atoms with Crippen LogP contribution in [0.3, 0.4) is 0 Å². The van der Waals surface area contributed by atoms with Crippen molar-refractivity contribution in [1.29, 1.82) is 0 Å². The van der Waals surface area contributed by atoms with Crippen LogP contribution in [0, 0.1) is 5.41 Å². The maximum absolute atomic E-state index is 11.3. The van der Waals surface area contributed by atoms with E-state index >= 15 is 0 Å². The van der Waals surface area contributed by atoms with E-state index in [4.69, 9.17) is 0 Å². The van der Waals surface area contributed by atoms with Gasteiger partial charge in [0.15, 0.2) is 5.82 Å². The van der Waals surface area contributed by atoms with E-state index < -0.39 is 11.4 Å².